The molecule has 0 aromatic carbocycles. The van der Waals surface area contributed by atoms with Gasteiger partial charge in [0.2, 0.25) is 0 Å². The standard InChI is InChI=1S/C13H28N2O2S/c1-4-6-13(11-14-12(2)3)15-7-5-9-18(16,17)10-8-15/h12-14H,4-11H2,1-3H3. The monoisotopic (exact) mass is 276 g/mol. The third-order valence-electron chi connectivity index (χ3n) is 3.49. The van der Waals surface area contributed by atoms with E-state index in [1.54, 1.807) is 0 Å². The van der Waals surface area contributed by atoms with Gasteiger partial charge in [0.05, 0.1) is 11.5 Å². The highest BCUT2D eigenvalue weighted by Gasteiger charge is 2.24. The summed E-state index contributed by atoms with van der Waals surface area (Å²) in [5.41, 5.74) is 0. The van der Waals surface area contributed by atoms with Gasteiger partial charge in [-0.05, 0) is 19.4 Å². The lowest BCUT2D eigenvalue weighted by Gasteiger charge is -2.31. The van der Waals surface area contributed by atoms with Gasteiger partial charge in [0.15, 0.2) is 9.84 Å². The first kappa shape index (κ1) is 15.9. The van der Waals surface area contributed by atoms with E-state index in [4.69, 9.17) is 0 Å². The second-order valence-electron chi connectivity index (χ2n) is 5.55. The lowest BCUT2D eigenvalue weighted by atomic mass is 10.1. The van der Waals surface area contributed by atoms with Gasteiger partial charge >= 0.3 is 0 Å². The minimum atomic E-state index is -2.79. The molecule has 1 saturated heterocycles. The molecular formula is C13H28N2O2S. The predicted octanol–water partition coefficient (Wildman–Crippen LogP) is 1.27. The van der Waals surface area contributed by atoms with Crippen LogP contribution in [0, 0.1) is 0 Å². The van der Waals surface area contributed by atoms with Crippen LogP contribution in [0.25, 0.3) is 0 Å². The van der Waals surface area contributed by atoms with Gasteiger partial charge in [-0.25, -0.2) is 8.42 Å². The van der Waals surface area contributed by atoms with E-state index in [-0.39, 0.29) is 0 Å². The summed E-state index contributed by atoms with van der Waals surface area (Å²) in [5, 5.41) is 3.48. The van der Waals surface area contributed by atoms with Crippen molar-refractivity contribution in [2.45, 2.75) is 52.1 Å². The van der Waals surface area contributed by atoms with E-state index in [1.807, 2.05) is 0 Å². The van der Waals surface area contributed by atoms with Crippen molar-refractivity contribution in [2.75, 3.05) is 31.1 Å². The van der Waals surface area contributed by atoms with E-state index in [2.05, 4.69) is 31.0 Å². The van der Waals surface area contributed by atoms with Crippen molar-refractivity contribution in [1.29, 1.82) is 0 Å². The Kier molecular flexibility index (Phi) is 6.60. The Hall–Kier alpha value is -0.130. The fraction of sp³-hybridized carbons (Fsp3) is 1.00. The van der Waals surface area contributed by atoms with E-state index in [0.717, 1.165) is 32.4 Å². The molecule has 0 aromatic heterocycles. The zero-order chi connectivity index (χ0) is 13.6. The highest BCUT2D eigenvalue weighted by atomic mass is 32.2. The van der Waals surface area contributed by atoms with Crippen LogP contribution in [-0.4, -0.2) is 56.5 Å². The quantitative estimate of drug-likeness (QED) is 0.794. The van der Waals surface area contributed by atoms with Crippen LogP contribution < -0.4 is 5.32 Å². The largest absolute Gasteiger partial charge is 0.313 e. The van der Waals surface area contributed by atoms with E-state index in [0.29, 0.717) is 30.1 Å². The van der Waals surface area contributed by atoms with Crippen LogP contribution in [0.3, 0.4) is 0 Å². The fourth-order valence-corrected chi connectivity index (χ4v) is 3.73. The maximum atomic E-state index is 11.6. The molecule has 1 rings (SSSR count). The van der Waals surface area contributed by atoms with E-state index >= 15 is 0 Å². The van der Waals surface area contributed by atoms with Crippen molar-refractivity contribution in [3.63, 3.8) is 0 Å². The third-order valence-corrected chi connectivity index (χ3v) is 5.21. The lowest BCUT2D eigenvalue weighted by molar-refractivity contribution is 0.192. The first-order valence-electron chi connectivity index (χ1n) is 7.12. The summed E-state index contributed by atoms with van der Waals surface area (Å²) in [5.74, 6) is 0.689. The van der Waals surface area contributed by atoms with Crippen molar-refractivity contribution >= 4 is 9.84 Å². The Labute approximate surface area is 112 Å². The molecule has 1 atom stereocenters. The number of hydrogen-bond donors (Lipinski definition) is 1. The van der Waals surface area contributed by atoms with Crippen LogP contribution in [0.15, 0.2) is 0 Å². The van der Waals surface area contributed by atoms with Crippen molar-refractivity contribution < 1.29 is 8.42 Å². The first-order chi connectivity index (χ1) is 8.44. The number of sulfone groups is 1. The summed E-state index contributed by atoms with van der Waals surface area (Å²) in [7, 11) is -2.79. The van der Waals surface area contributed by atoms with E-state index < -0.39 is 9.84 Å². The molecule has 0 amide bonds. The summed E-state index contributed by atoms with van der Waals surface area (Å²) in [6, 6.07) is 0.964. The maximum Gasteiger partial charge on any atom is 0.151 e. The second kappa shape index (κ2) is 7.46. The molecule has 1 aliphatic heterocycles. The molecule has 4 nitrogen and oxygen atoms in total. The van der Waals surface area contributed by atoms with Gasteiger partial charge in [0.25, 0.3) is 0 Å². The van der Waals surface area contributed by atoms with Crippen LogP contribution in [0.5, 0.6) is 0 Å². The Bertz CT molecular complexity index is 328. The van der Waals surface area contributed by atoms with Gasteiger partial charge in [0.1, 0.15) is 0 Å². The summed E-state index contributed by atoms with van der Waals surface area (Å²) < 4.78 is 23.2. The molecule has 1 N–H and O–H groups in total. The molecule has 18 heavy (non-hydrogen) atoms. The summed E-state index contributed by atoms with van der Waals surface area (Å²) in [4.78, 5) is 2.36. The van der Waals surface area contributed by atoms with Crippen LogP contribution in [0.4, 0.5) is 0 Å². The van der Waals surface area contributed by atoms with E-state index in [9.17, 15) is 8.42 Å². The second-order valence-corrected chi connectivity index (χ2v) is 7.85. The molecule has 1 fully saturated rings. The number of nitrogens with one attached hydrogen (secondary N) is 1. The molecule has 1 aliphatic rings. The average molecular weight is 276 g/mol. The molecule has 108 valence electrons. The number of hydrogen-bond acceptors (Lipinski definition) is 4. The molecule has 1 unspecified atom stereocenters. The fourth-order valence-electron chi connectivity index (χ4n) is 2.44. The topological polar surface area (TPSA) is 49.4 Å². The van der Waals surface area contributed by atoms with Gasteiger partial charge in [-0.2, -0.15) is 0 Å². The molecular weight excluding hydrogens is 248 g/mol. The van der Waals surface area contributed by atoms with Gasteiger partial charge in [-0.1, -0.05) is 27.2 Å². The van der Waals surface area contributed by atoms with E-state index in [1.165, 1.54) is 0 Å². The van der Waals surface area contributed by atoms with Crippen molar-refractivity contribution in [1.82, 2.24) is 10.2 Å². The average Bonchev–Trinajstić information content (AvgIpc) is 2.45. The molecule has 1 heterocycles. The maximum absolute atomic E-state index is 11.6. The minimum absolute atomic E-state index is 0.328. The van der Waals surface area contributed by atoms with Crippen molar-refractivity contribution in [3.05, 3.63) is 0 Å². The zero-order valence-corrected chi connectivity index (χ0v) is 12.8. The molecule has 0 aromatic rings. The number of rotatable bonds is 6. The highest BCUT2D eigenvalue weighted by molar-refractivity contribution is 7.91. The zero-order valence-electron chi connectivity index (χ0n) is 12.0. The smallest absolute Gasteiger partial charge is 0.151 e. The Morgan fingerprint density at radius 2 is 1.94 bits per heavy atom. The predicted molar refractivity (Wildman–Crippen MR) is 76.7 cm³/mol. The molecule has 5 heteroatoms. The molecule has 0 aliphatic carbocycles. The third kappa shape index (κ3) is 5.67. The van der Waals surface area contributed by atoms with Crippen LogP contribution >= 0.6 is 0 Å². The van der Waals surface area contributed by atoms with Crippen molar-refractivity contribution in [3.8, 4) is 0 Å². The molecule has 0 bridgehead atoms. The van der Waals surface area contributed by atoms with Gasteiger partial charge < -0.3 is 5.32 Å². The van der Waals surface area contributed by atoms with Gasteiger partial charge in [0, 0.05) is 25.2 Å². The van der Waals surface area contributed by atoms with Crippen LogP contribution in [0.2, 0.25) is 0 Å². The number of nitrogens with zero attached hydrogens (tertiary/aromatic N) is 1. The van der Waals surface area contributed by atoms with Crippen LogP contribution in [0.1, 0.15) is 40.0 Å². The molecule has 0 spiro atoms. The summed E-state index contributed by atoms with van der Waals surface area (Å²) >= 11 is 0. The Morgan fingerprint density at radius 3 is 2.56 bits per heavy atom. The highest BCUT2D eigenvalue weighted by Crippen LogP contribution is 2.12. The van der Waals surface area contributed by atoms with Crippen LogP contribution in [-0.2, 0) is 9.84 Å². The van der Waals surface area contributed by atoms with Crippen molar-refractivity contribution in [2.24, 2.45) is 0 Å². The Balaban J connectivity index is 2.55. The molecule has 0 saturated carbocycles. The minimum Gasteiger partial charge on any atom is -0.313 e. The summed E-state index contributed by atoms with van der Waals surface area (Å²) in [6.07, 6.45) is 3.07. The SMILES string of the molecule is CCCC(CNC(C)C)N1CCCS(=O)(=O)CC1. The summed E-state index contributed by atoms with van der Waals surface area (Å²) in [6.45, 7) is 9.07. The molecule has 0 radical (unpaired) electrons. The van der Waals surface area contributed by atoms with Gasteiger partial charge in [-0.3, -0.25) is 4.90 Å². The lowest BCUT2D eigenvalue weighted by Crippen LogP contribution is -2.45. The Morgan fingerprint density at radius 1 is 1.22 bits per heavy atom. The first-order valence-corrected chi connectivity index (χ1v) is 8.94. The normalized spacial score (nSPS) is 22.9. The van der Waals surface area contributed by atoms with Gasteiger partial charge in [-0.15, -0.1) is 0 Å².